The van der Waals surface area contributed by atoms with Gasteiger partial charge in [0.15, 0.2) is 5.78 Å². The van der Waals surface area contributed by atoms with Gasteiger partial charge in [0.05, 0.1) is 5.70 Å². The fraction of sp³-hybridized carbons (Fsp3) is 0.111. The van der Waals surface area contributed by atoms with Crippen LogP contribution in [-0.4, -0.2) is 16.9 Å². The Bertz CT molecular complexity index is 675. The van der Waals surface area contributed by atoms with Gasteiger partial charge in [0.25, 0.3) is 0 Å². The van der Waals surface area contributed by atoms with E-state index in [0.717, 1.165) is 5.56 Å². The van der Waals surface area contributed by atoms with E-state index < -0.39 is 11.8 Å². The molecule has 0 radical (unpaired) electrons. The zero-order valence-corrected chi connectivity index (χ0v) is 12.2. The minimum absolute atomic E-state index is 0.234. The highest BCUT2D eigenvalue weighted by Crippen LogP contribution is 2.18. The molecule has 2 aromatic rings. The molecule has 0 atom stereocenters. The molecule has 0 saturated carbocycles. The number of benzene rings is 2. The highest BCUT2D eigenvalue weighted by atomic mass is 16.4. The number of carbonyl (C=O) groups excluding carboxylic acids is 1. The Morgan fingerprint density at radius 3 is 2.00 bits per heavy atom. The van der Waals surface area contributed by atoms with E-state index in [2.05, 4.69) is 5.32 Å². The van der Waals surface area contributed by atoms with Crippen LogP contribution in [-0.2, 0) is 16.1 Å². The van der Waals surface area contributed by atoms with Crippen molar-refractivity contribution in [3.63, 3.8) is 0 Å². The van der Waals surface area contributed by atoms with Gasteiger partial charge in [-0.2, -0.15) is 0 Å². The van der Waals surface area contributed by atoms with Gasteiger partial charge in [-0.05, 0) is 18.1 Å². The monoisotopic (exact) mass is 295 g/mol. The fourth-order valence-corrected chi connectivity index (χ4v) is 2.16. The molecule has 4 heteroatoms. The summed E-state index contributed by atoms with van der Waals surface area (Å²) in [6, 6.07) is 18.6. The van der Waals surface area contributed by atoms with Crippen LogP contribution >= 0.6 is 0 Å². The Morgan fingerprint density at radius 1 is 0.955 bits per heavy atom. The maximum absolute atomic E-state index is 11.7. The second kappa shape index (κ2) is 7.22. The number of aliphatic carboxylic acids is 1. The smallest absolute Gasteiger partial charge is 0.341 e. The summed E-state index contributed by atoms with van der Waals surface area (Å²) in [5.41, 5.74) is 1.78. The summed E-state index contributed by atoms with van der Waals surface area (Å²) in [6.45, 7) is 1.70. The van der Waals surface area contributed by atoms with E-state index in [9.17, 15) is 14.7 Å². The summed E-state index contributed by atoms with van der Waals surface area (Å²) < 4.78 is 0. The quantitative estimate of drug-likeness (QED) is 0.488. The molecule has 0 aromatic heterocycles. The van der Waals surface area contributed by atoms with Gasteiger partial charge in [-0.15, -0.1) is 0 Å². The Hall–Kier alpha value is -2.88. The van der Waals surface area contributed by atoms with E-state index in [4.69, 9.17) is 0 Å². The molecule has 0 unspecified atom stereocenters. The van der Waals surface area contributed by atoms with Crippen molar-refractivity contribution in [2.24, 2.45) is 0 Å². The third kappa shape index (κ3) is 3.82. The van der Waals surface area contributed by atoms with Crippen LogP contribution in [0.15, 0.2) is 66.2 Å². The van der Waals surface area contributed by atoms with Crippen LogP contribution in [0.1, 0.15) is 18.1 Å². The Morgan fingerprint density at radius 2 is 1.50 bits per heavy atom. The summed E-state index contributed by atoms with van der Waals surface area (Å²) >= 11 is 0. The van der Waals surface area contributed by atoms with Gasteiger partial charge in [0.1, 0.15) is 5.57 Å². The summed E-state index contributed by atoms with van der Waals surface area (Å²) in [6.07, 6.45) is 0. The number of carboxylic acids is 1. The van der Waals surface area contributed by atoms with Crippen molar-refractivity contribution < 1.29 is 14.7 Å². The maximum Gasteiger partial charge on any atom is 0.341 e. The third-order valence-electron chi connectivity index (χ3n) is 3.19. The summed E-state index contributed by atoms with van der Waals surface area (Å²) in [4.78, 5) is 23.2. The predicted octanol–water partition coefficient (Wildman–Crippen LogP) is 2.86. The van der Waals surface area contributed by atoms with Crippen LogP contribution in [0.5, 0.6) is 0 Å². The van der Waals surface area contributed by atoms with E-state index in [1.807, 2.05) is 36.4 Å². The molecule has 0 heterocycles. The molecule has 0 aliphatic carbocycles. The van der Waals surface area contributed by atoms with Crippen molar-refractivity contribution in [3.8, 4) is 0 Å². The number of carboxylic acid groups (broad SMARTS) is 1. The van der Waals surface area contributed by atoms with Crippen molar-refractivity contribution in [1.82, 2.24) is 5.32 Å². The van der Waals surface area contributed by atoms with Gasteiger partial charge in [-0.1, -0.05) is 60.7 Å². The molecule has 22 heavy (non-hydrogen) atoms. The molecule has 0 saturated heterocycles. The van der Waals surface area contributed by atoms with Crippen molar-refractivity contribution >= 4 is 17.4 Å². The number of hydrogen-bond acceptors (Lipinski definition) is 3. The third-order valence-corrected chi connectivity index (χ3v) is 3.19. The number of ketones is 1. The molecule has 0 aliphatic rings. The van der Waals surface area contributed by atoms with Crippen molar-refractivity contribution in [2.45, 2.75) is 13.5 Å². The molecule has 2 N–H and O–H groups in total. The lowest BCUT2D eigenvalue weighted by Crippen LogP contribution is -2.21. The van der Waals surface area contributed by atoms with E-state index in [1.54, 1.807) is 24.3 Å². The molecular formula is C18H17NO3. The van der Waals surface area contributed by atoms with Crippen LogP contribution in [0.4, 0.5) is 0 Å². The summed E-state index contributed by atoms with van der Waals surface area (Å²) in [5.74, 6) is -1.71. The second-order valence-corrected chi connectivity index (χ2v) is 4.82. The molecule has 2 rings (SSSR count). The standard InChI is InChI=1S/C18H17NO3/c1-13(20)16(18(21)22)17(15-10-6-3-7-11-15)19-12-14-8-4-2-5-9-14/h2-11,19H,12H2,1H3,(H,21,22). The average Bonchev–Trinajstić information content (AvgIpc) is 2.52. The first-order valence-corrected chi connectivity index (χ1v) is 6.91. The number of Topliss-reactive ketones (excluding diaryl/α,β-unsaturated/α-hetero) is 1. The van der Waals surface area contributed by atoms with Crippen LogP contribution in [0.3, 0.4) is 0 Å². The van der Waals surface area contributed by atoms with Gasteiger partial charge < -0.3 is 10.4 Å². The largest absolute Gasteiger partial charge is 0.477 e. The molecule has 0 fully saturated rings. The predicted molar refractivity (Wildman–Crippen MR) is 85.0 cm³/mol. The molecule has 2 aromatic carbocycles. The van der Waals surface area contributed by atoms with E-state index in [-0.39, 0.29) is 5.57 Å². The molecule has 0 spiro atoms. The minimum atomic E-state index is -1.23. The van der Waals surface area contributed by atoms with Gasteiger partial charge in [-0.25, -0.2) is 4.79 Å². The number of hydrogen-bond donors (Lipinski definition) is 2. The van der Waals surface area contributed by atoms with Gasteiger partial charge in [-0.3, -0.25) is 4.79 Å². The Balaban J connectivity index is 2.40. The van der Waals surface area contributed by atoms with Gasteiger partial charge in [0.2, 0.25) is 0 Å². The molecule has 0 amide bonds. The topological polar surface area (TPSA) is 66.4 Å². The molecule has 0 aliphatic heterocycles. The van der Waals surface area contributed by atoms with Crippen molar-refractivity contribution in [1.29, 1.82) is 0 Å². The van der Waals surface area contributed by atoms with Crippen molar-refractivity contribution in [2.75, 3.05) is 0 Å². The first-order chi connectivity index (χ1) is 10.6. The fourth-order valence-electron chi connectivity index (χ4n) is 2.16. The van der Waals surface area contributed by atoms with Crippen LogP contribution in [0.25, 0.3) is 5.70 Å². The lowest BCUT2D eigenvalue weighted by Gasteiger charge is -2.14. The minimum Gasteiger partial charge on any atom is -0.477 e. The van der Waals surface area contributed by atoms with Gasteiger partial charge >= 0.3 is 5.97 Å². The first kappa shape index (κ1) is 15.5. The molecule has 112 valence electrons. The Kier molecular flexibility index (Phi) is 5.09. The number of carbonyl (C=O) groups is 2. The van der Waals surface area contributed by atoms with E-state index in [0.29, 0.717) is 17.8 Å². The normalized spacial score (nSPS) is 11.5. The lowest BCUT2D eigenvalue weighted by atomic mass is 10.0. The SMILES string of the molecule is CC(=O)C(C(=O)O)=C(NCc1ccccc1)c1ccccc1. The highest BCUT2D eigenvalue weighted by Gasteiger charge is 2.20. The maximum atomic E-state index is 11.7. The lowest BCUT2D eigenvalue weighted by molar-refractivity contribution is -0.134. The summed E-state index contributed by atoms with van der Waals surface area (Å²) in [5, 5.41) is 12.4. The zero-order valence-electron chi connectivity index (χ0n) is 12.2. The highest BCUT2D eigenvalue weighted by molar-refractivity contribution is 6.21. The van der Waals surface area contributed by atoms with Crippen LogP contribution in [0, 0.1) is 0 Å². The second-order valence-electron chi connectivity index (χ2n) is 4.82. The first-order valence-electron chi connectivity index (χ1n) is 6.91. The van der Waals surface area contributed by atoms with E-state index in [1.165, 1.54) is 6.92 Å². The van der Waals surface area contributed by atoms with E-state index >= 15 is 0 Å². The van der Waals surface area contributed by atoms with Crippen molar-refractivity contribution in [3.05, 3.63) is 77.4 Å². The van der Waals surface area contributed by atoms with Gasteiger partial charge in [0, 0.05) is 6.54 Å². The van der Waals surface area contributed by atoms with Crippen LogP contribution < -0.4 is 5.32 Å². The zero-order chi connectivity index (χ0) is 15.9. The summed E-state index contributed by atoms with van der Waals surface area (Å²) in [7, 11) is 0. The number of nitrogens with one attached hydrogen (secondary N) is 1. The molecular weight excluding hydrogens is 278 g/mol. The number of rotatable bonds is 6. The molecule has 0 bridgehead atoms. The van der Waals surface area contributed by atoms with Crippen LogP contribution in [0.2, 0.25) is 0 Å². The molecule has 4 nitrogen and oxygen atoms in total. The Labute approximate surface area is 129 Å². The average molecular weight is 295 g/mol.